The van der Waals surface area contributed by atoms with Crippen LogP contribution in [0, 0.1) is 10.1 Å². The van der Waals surface area contributed by atoms with Gasteiger partial charge in [-0.3, -0.25) is 19.8 Å². The van der Waals surface area contributed by atoms with Gasteiger partial charge in [-0.25, -0.2) is 0 Å². The lowest BCUT2D eigenvalue weighted by Crippen LogP contribution is -2.27. The van der Waals surface area contributed by atoms with E-state index in [4.69, 9.17) is 33.0 Å². The molecule has 3 aromatic rings. The van der Waals surface area contributed by atoms with Crippen LogP contribution < -0.4 is 9.64 Å². The minimum atomic E-state index is -0.520. The van der Waals surface area contributed by atoms with Crippen LogP contribution in [0.3, 0.4) is 0 Å². The highest BCUT2D eigenvalue weighted by Crippen LogP contribution is 2.38. The van der Waals surface area contributed by atoms with Crippen molar-refractivity contribution in [3.8, 4) is 17.1 Å². The Labute approximate surface area is 191 Å². The molecular formula is C21H13ClN2O5S2. The fourth-order valence-electron chi connectivity index (χ4n) is 2.94. The van der Waals surface area contributed by atoms with Crippen LogP contribution in [-0.4, -0.2) is 22.3 Å². The highest BCUT2D eigenvalue weighted by Gasteiger charge is 2.33. The number of methoxy groups -OCH3 is 1. The van der Waals surface area contributed by atoms with E-state index in [9.17, 15) is 14.9 Å². The van der Waals surface area contributed by atoms with Crippen molar-refractivity contribution in [1.82, 2.24) is 0 Å². The molecule has 0 N–H and O–H groups in total. The van der Waals surface area contributed by atoms with Crippen molar-refractivity contribution >= 4 is 63.3 Å². The summed E-state index contributed by atoms with van der Waals surface area (Å²) >= 11 is 12.7. The van der Waals surface area contributed by atoms with Gasteiger partial charge in [-0.1, -0.05) is 35.6 Å². The average Bonchev–Trinajstić information content (AvgIpc) is 3.32. The third-order valence-electron chi connectivity index (χ3n) is 4.45. The number of nitro groups is 1. The molecule has 1 aromatic heterocycles. The summed E-state index contributed by atoms with van der Waals surface area (Å²) in [5.41, 5.74) is 1.05. The van der Waals surface area contributed by atoms with E-state index < -0.39 is 4.92 Å². The summed E-state index contributed by atoms with van der Waals surface area (Å²) < 4.78 is 11.3. The number of benzene rings is 2. The molecule has 0 bridgehead atoms. The number of thioether (sulfide) groups is 1. The van der Waals surface area contributed by atoms with Crippen LogP contribution in [0.1, 0.15) is 5.76 Å². The summed E-state index contributed by atoms with van der Waals surface area (Å²) in [6.07, 6.45) is 1.60. The Kier molecular flexibility index (Phi) is 5.81. The lowest BCUT2D eigenvalue weighted by molar-refractivity contribution is -0.384. The number of ether oxygens (including phenoxy) is 1. The first-order chi connectivity index (χ1) is 14.9. The van der Waals surface area contributed by atoms with Gasteiger partial charge in [0.25, 0.3) is 11.6 Å². The Balaban J connectivity index is 1.58. The van der Waals surface area contributed by atoms with Crippen LogP contribution in [0.4, 0.5) is 11.4 Å². The summed E-state index contributed by atoms with van der Waals surface area (Å²) in [6.45, 7) is 0. The van der Waals surface area contributed by atoms with Crippen molar-refractivity contribution in [3.63, 3.8) is 0 Å². The molecule has 1 fully saturated rings. The topological polar surface area (TPSA) is 85.8 Å². The molecule has 10 heteroatoms. The molecule has 7 nitrogen and oxygen atoms in total. The van der Waals surface area contributed by atoms with Crippen LogP contribution in [-0.2, 0) is 4.79 Å². The van der Waals surface area contributed by atoms with Gasteiger partial charge in [0.1, 0.15) is 17.3 Å². The third-order valence-corrected chi connectivity index (χ3v) is 6.07. The lowest BCUT2D eigenvalue weighted by atomic mass is 10.1. The fourth-order valence-corrected chi connectivity index (χ4v) is 4.49. The number of hydrogen-bond acceptors (Lipinski definition) is 7. The number of non-ortho nitro benzene ring substituents is 1. The zero-order valence-corrected chi connectivity index (χ0v) is 18.3. The van der Waals surface area contributed by atoms with E-state index in [0.29, 0.717) is 37.7 Å². The molecule has 1 aliphatic rings. The first kappa shape index (κ1) is 21.1. The average molecular weight is 473 g/mol. The molecule has 2 heterocycles. The zero-order valence-electron chi connectivity index (χ0n) is 15.9. The smallest absolute Gasteiger partial charge is 0.270 e. The Hall–Kier alpha value is -3.14. The second kappa shape index (κ2) is 8.54. The van der Waals surface area contributed by atoms with E-state index in [2.05, 4.69) is 0 Å². The molecule has 4 rings (SSSR count). The van der Waals surface area contributed by atoms with Crippen molar-refractivity contribution in [3.05, 3.63) is 80.4 Å². The van der Waals surface area contributed by atoms with Crippen molar-refractivity contribution in [1.29, 1.82) is 0 Å². The number of nitrogens with zero attached hydrogens (tertiary/aromatic N) is 2. The number of rotatable bonds is 5. The number of carbonyl (C=O) groups excluding carboxylic acids is 1. The second-order valence-corrected chi connectivity index (χ2v) is 8.42. The van der Waals surface area contributed by atoms with Gasteiger partial charge in [0.15, 0.2) is 4.32 Å². The first-order valence-electron chi connectivity index (χ1n) is 8.83. The van der Waals surface area contributed by atoms with Crippen molar-refractivity contribution in [2.75, 3.05) is 12.0 Å². The maximum Gasteiger partial charge on any atom is 0.270 e. The molecule has 156 valence electrons. The molecule has 1 saturated heterocycles. The fraction of sp³-hybridized carbons (Fsp3) is 0.0476. The monoisotopic (exact) mass is 472 g/mol. The standard InChI is InChI=1S/C21H13ClN2O5S2/c1-28-14-5-2-12(3-6-14)23-20(25)19(31-21(23)30)11-15-7-9-18(29-15)16-8-4-13(24(26)27)10-17(16)22/h2-11H,1H3/b19-11+. The molecule has 0 aliphatic carbocycles. The summed E-state index contributed by atoms with van der Waals surface area (Å²) in [4.78, 5) is 25.1. The van der Waals surface area contributed by atoms with Gasteiger partial charge in [0, 0.05) is 23.8 Å². The Morgan fingerprint density at radius 1 is 1.19 bits per heavy atom. The van der Waals surface area contributed by atoms with Gasteiger partial charge < -0.3 is 9.15 Å². The number of nitro benzene ring substituents is 1. The Bertz CT molecular complexity index is 1240. The van der Waals surface area contributed by atoms with Crippen molar-refractivity contribution in [2.45, 2.75) is 0 Å². The van der Waals surface area contributed by atoms with Gasteiger partial charge in [-0.2, -0.15) is 0 Å². The molecule has 0 unspecified atom stereocenters. The van der Waals surface area contributed by atoms with Gasteiger partial charge in [0.05, 0.1) is 27.6 Å². The van der Waals surface area contributed by atoms with Gasteiger partial charge in [-0.05, 0) is 42.5 Å². The predicted octanol–water partition coefficient (Wildman–Crippen LogP) is 5.92. The van der Waals surface area contributed by atoms with E-state index in [-0.39, 0.29) is 16.6 Å². The summed E-state index contributed by atoms with van der Waals surface area (Å²) in [5.74, 6) is 1.28. The van der Waals surface area contributed by atoms with Crippen LogP contribution in [0.25, 0.3) is 17.4 Å². The van der Waals surface area contributed by atoms with Gasteiger partial charge in [0.2, 0.25) is 0 Å². The van der Waals surface area contributed by atoms with E-state index in [1.807, 2.05) is 0 Å². The van der Waals surface area contributed by atoms with Crippen molar-refractivity contribution < 1.29 is 18.9 Å². The second-order valence-electron chi connectivity index (χ2n) is 6.34. The molecule has 31 heavy (non-hydrogen) atoms. The van der Waals surface area contributed by atoms with Gasteiger partial charge >= 0.3 is 0 Å². The Morgan fingerprint density at radius 2 is 1.94 bits per heavy atom. The largest absolute Gasteiger partial charge is 0.497 e. The van der Waals surface area contributed by atoms with Crippen LogP contribution >= 0.6 is 35.6 Å². The van der Waals surface area contributed by atoms with E-state index in [1.54, 1.807) is 49.6 Å². The summed E-state index contributed by atoms with van der Waals surface area (Å²) in [6, 6.07) is 14.5. The van der Waals surface area contributed by atoms with Crippen LogP contribution in [0.15, 0.2) is 63.9 Å². The van der Waals surface area contributed by atoms with Gasteiger partial charge in [-0.15, -0.1) is 0 Å². The maximum atomic E-state index is 12.9. The van der Waals surface area contributed by atoms with E-state index in [1.165, 1.54) is 34.9 Å². The molecule has 0 spiro atoms. The molecule has 0 radical (unpaired) electrons. The highest BCUT2D eigenvalue weighted by molar-refractivity contribution is 8.27. The molecule has 0 atom stereocenters. The number of hydrogen-bond donors (Lipinski definition) is 0. The van der Waals surface area contributed by atoms with Crippen LogP contribution in [0.2, 0.25) is 5.02 Å². The number of anilines is 1. The van der Waals surface area contributed by atoms with Crippen LogP contribution in [0.5, 0.6) is 5.75 Å². The summed E-state index contributed by atoms with van der Waals surface area (Å²) in [7, 11) is 1.57. The van der Waals surface area contributed by atoms with E-state index in [0.717, 1.165) is 0 Å². The molecule has 1 amide bonds. The quantitative estimate of drug-likeness (QED) is 0.197. The number of furan rings is 1. The van der Waals surface area contributed by atoms with Crippen molar-refractivity contribution in [2.24, 2.45) is 0 Å². The molecule has 2 aromatic carbocycles. The first-order valence-corrected chi connectivity index (χ1v) is 10.4. The maximum absolute atomic E-state index is 12.9. The summed E-state index contributed by atoms with van der Waals surface area (Å²) in [5, 5.41) is 11.1. The Morgan fingerprint density at radius 3 is 2.58 bits per heavy atom. The SMILES string of the molecule is COc1ccc(N2C(=O)/C(=C\c3ccc(-c4ccc([N+](=O)[O-])cc4Cl)o3)SC2=S)cc1. The normalized spacial score (nSPS) is 15.0. The zero-order chi connectivity index (χ0) is 22.1. The lowest BCUT2D eigenvalue weighted by Gasteiger charge is -2.14. The molecular weight excluding hydrogens is 460 g/mol. The predicted molar refractivity (Wildman–Crippen MR) is 124 cm³/mol. The number of thiocarbonyl (C=S) groups is 1. The highest BCUT2D eigenvalue weighted by atomic mass is 35.5. The molecule has 0 saturated carbocycles. The molecule has 1 aliphatic heterocycles. The number of amides is 1. The third kappa shape index (κ3) is 4.20. The minimum absolute atomic E-state index is 0.109. The minimum Gasteiger partial charge on any atom is -0.497 e. The number of carbonyl (C=O) groups is 1. The number of halogens is 1. The van der Waals surface area contributed by atoms with E-state index >= 15 is 0 Å².